The van der Waals surface area contributed by atoms with Crippen LogP contribution in [0.25, 0.3) is 0 Å². The van der Waals surface area contributed by atoms with Gasteiger partial charge in [-0.1, -0.05) is 30.3 Å². The predicted octanol–water partition coefficient (Wildman–Crippen LogP) is 4.07. The molecule has 0 saturated carbocycles. The van der Waals surface area contributed by atoms with Gasteiger partial charge in [0, 0.05) is 31.4 Å². The van der Waals surface area contributed by atoms with Crippen LogP contribution in [0.1, 0.15) is 29.9 Å². The third-order valence-corrected chi connectivity index (χ3v) is 4.25. The zero-order valence-electron chi connectivity index (χ0n) is 14.1. The lowest BCUT2D eigenvalue weighted by molar-refractivity contribution is -0.137. The first-order chi connectivity index (χ1) is 12.3. The zero-order chi connectivity index (χ0) is 18.7. The molecule has 4 nitrogen and oxygen atoms in total. The summed E-state index contributed by atoms with van der Waals surface area (Å²) in [5.41, 5.74) is 4.05. The molecule has 0 amide bonds. The number of aromatic nitrogens is 1. The predicted molar refractivity (Wildman–Crippen MR) is 92.3 cm³/mol. The number of alkyl halides is 3. The highest BCUT2D eigenvalue weighted by Crippen LogP contribution is 2.31. The fraction of sp³-hybridized carbons (Fsp3) is 0.263. The topological polar surface area (TPSA) is 45.2 Å². The maximum Gasteiger partial charge on any atom is 0.417 e. The largest absolute Gasteiger partial charge is 0.417 e. The third kappa shape index (κ3) is 4.22. The minimum atomic E-state index is -4.42. The SMILES string of the molecule is CN(NC1=CC(=O)C[C@@H](c2ccccc2)C1)c1ccc(C(F)(F)F)cn1. The maximum absolute atomic E-state index is 12.6. The number of pyridine rings is 1. The Hall–Kier alpha value is -2.83. The van der Waals surface area contributed by atoms with Gasteiger partial charge in [0.1, 0.15) is 5.82 Å². The molecular weight excluding hydrogens is 343 g/mol. The van der Waals surface area contributed by atoms with Gasteiger partial charge < -0.3 is 5.43 Å². The molecule has 0 saturated heterocycles. The lowest BCUT2D eigenvalue weighted by atomic mass is 9.85. The fourth-order valence-corrected chi connectivity index (χ4v) is 2.96. The van der Waals surface area contributed by atoms with Crippen LogP contribution < -0.4 is 10.4 Å². The Kier molecular flexibility index (Phi) is 4.97. The fourth-order valence-electron chi connectivity index (χ4n) is 2.96. The molecular formula is C19H18F3N3O. The van der Waals surface area contributed by atoms with Crippen LogP contribution in [-0.2, 0) is 11.0 Å². The molecule has 136 valence electrons. The van der Waals surface area contributed by atoms with Crippen LogP contribution in [0.4, 0.5) is 19.0 Å². The summed E-state index contributed by atoms with van der Waals surface area (Å²) in [6.07, 6.45) is -1.00. The molecule has 0 fully saturated rings. The molecule has 1 aromatic heterocycles. The summed E-state index contributed by atoms with van der Waals surface area (Å²) in [7, 11) is 1.65. The minimum Gasteiger partial charge on any atom is -0.301 e. The van der Waals surface area contributed by atoms with E-state index in [2.05, 4.69) is 10.4 Å². The summed E-state index contributed by atoms with van der Waals surface area (Å²) in [4.78, 5) is 15.9. The van der Waals surface area contributed by atoms with E-state index < -0.39 is 11.7 Å². The number of halogens is 3. The Balaban J connectivity index is 1.70. The molecule has 1 aliphatic carbocycles. The molecule has 0 bridgehead atoms. The molecule has 0 spiro atoms. The van der Waals surface area contributed by atoms with Crippen LogP contribution in [0.15, 0.2) is 60.4 Å². The van der Waals surface area contributed by atoms with Crippen molar-refractivity contribution in [2.24, 2.45) is 0 Å². The van der Waals surface area contributed by atoms with Gasteiger partial charge in [0.15, 0.2) is 5.78 Å². The summed E-state index contributed by atoms with van der Waals surface area (Å²) in [5.74, 6) is 0.416. The van der Waals surface area contributed by atoms with Gasteiger partial charge in [-0.15, -0.1) is 0 Å². The van der Waals surface area contributed by atoms with Crippen molar-refractivity contribution < 1.29 is 18.0 Å². The second kappa shape index (κ2) is 7.19. The average Bonchev–Trinajstić information content (AvgIpc) is 2.61. The van der Waals surface area contributed by atoms with Crippen LogP contribution in [0.2, 0.25) is 0 Å². The lowest BCUT2D eigenvalue weighted by Gasteiger charge is -2.28. The first-order valence-corrected chi connectivity index (χ1v) is 8.15. The van der Waals surface area contributed by atoms with Crippen LogP contribution in [-0.4, -0.2) is 17.8 Å². The Morgan fingerprint density at radius 3 is 2.46 bits per heavy atom. The van der Waals surface area contributed by atoms with Crippen LogP contribution in [0, 0.1) is 0 Å². The number of carbonyl (C=O) groups is 1. The maximum atomic E-state index is 12.6. The van der Waals surface area contributed by atoms with E-state index in [-0.39, 0.29) is 11.7 Å². The van der Waals surface area contributed by atoms with Gasteiger partial charge >= 0.3 is 6.18 Å². The van der Waals surface area contributed by atoms with Gasteiger partial charge in [-0.05, 0) is 30.0 Å². The quantitative estimate of drug-likeness (QED) is 0.834. The molecule has 0 radical (unpaired) electrons. The summed E-state index contributed by atoms with van der Waals surface area (Å²) in [6, 6.07) is 12.0. The Labute approximate surface area is 149 Å². The second-order valence-corrected chi connectivity index (χ2v) is 6.23. The third-order valence-electron chi connectivity index (χ3n) is 4.25. The minimum absolute atomic E-state index is 0.0152. The molecule has 1 N–H and O–H groups in total. The number of carbonyl (C=O) groups excluding carboxylic acids is 1. The first-order valence-electron chi connectivity index (χ1n) is 8.15. The molecule has 2 aromatic rings. The molecule has 1 aromatic carbocycles. The zero-order valence-corrected chi connectivity index (χ0v) is 14.1. The standard InChI is InChI=1S/C19H18F3N3O/c1-25(18-8-7-15(12-23-18)19(20,21)22)24-16-9-14(10-17(26)11-16)13-5-3-2-4-6-13/h2-8,11-12,14,24H,9-10H2,1H3/t14-/m0/s1. The molecule has 7 heteroatoms. The van der Waals surface area contributed by atoms with E-state index in [1.165, 1.54) is 11.1 Å². The van der Waals surface area contributed by atoms with Crippen molar-refractivity contribution in [3.63, 3.8) is 0 Å². The van der Waals surface area contributed by atoms with Gasteiger partial charge in [0.05, 0.1) is 5.56 Å². The van der Waals surface area contributed by atoms with Crippen LogP contribution >= 0.6 is 0 Å². The van der Waals surface area contributed by atoms with Gasteiger partial charge in [0.2, 0.25) is 0 Å². The van der Waals surface area contributed by atoms with Gasteiger partial charge in [-0.3, -0.25) is 9.80 Å². The summed E-state index contributed by atoms with van der Waals surface area (Å²) < 4.78 is 37.9. The number of hydrazine groups is 1. The van der Waals surface area contributed by atoms with Gasteiger partial charge in [-0.25, -0.2) is 4.98 Å². The Bertz CT molecular complexity index is 801. The van der Waals surface area contributed by atoms with Crippen LogP contribution in [0.3, 0.4) is 0 Å². The van der Waals surface area contributed by atoms with E-state index in [4.69, 9.17) is 0 Å². The molecule has 1 aliphatic rings. The van der Waals surface area contributed by atoms with Crippen molar-refractivity contribution in [3.8, 4) is 0 Å². The molecule has 26 heavy (non-hydrogen) atoms. The summed E-state index contributed by atoms with van der Waals surface area (Å²) in [6.45, 7) is 0. The molecule has 0 unspecified atom stereocenters. The van der Waals surface area contributed by atoms with E-state index >= 15 is 0 Å². The molecule has 1 atom stereocenters. The highest BCUT2D eigenvalue weighted by atomic mass is 19.4. The van der Waals surface area contributed by atoms with E-state index in [0.717, 1.165) is 17.8 Å². The van der Waals surface area contributed by atoms with Crippen molar-refractivity contribution in [1.82, 2.24) is 10.4 Å². The van der Waals surface area contributed by atoms with Crippen molar-refractivity contribution >= 4 is 11.6 Å². The number of ketones is 1. The number of nitrogens with zero attached hydrogens (tertiary/aromatic N) is 2. The number of anilines is 1. The summed E-state index contributed by atoms with van der Waals surface area (Å²) >= 11 is 0. The van der Waals surface area contributed by atoms with E-state index in [1.54, 1.807) is 13.1 Å². The summed E-state index contributed by atoms with van der Waals surface area (Å²) in [5, 5.41) is 1.51. The van der Waals surface area contributed by atoms with Crippen molar-refractivity contribution in [3.05, 3.63) is 71.6 Å². The Morgan fingerprint density at radius 2 is 1.85 bits per heavy atom. The average molecular weight is 361 g/mol. The smallest absolute Gasteiger partial charge is 0.301 e. The van der Waals surface area contributed by atoms with E-state index in [9.17, 15) is 18.0 Å². The van der Waals surface area contributed by atoms with Crippen LogP contribution in [0.5, 0.6) is 0 Å². The highest BCUT2D eigenvalue weighted by Gasteiger charge is 2.31. The Morgan fingerprint density at radius 1 is 1.12 bits per heavy atom. The molecule has 3 rings (SSSR count). The monoisotopic (exact) mass is 361 g/mol. The molecule has 0 aliphatic heterocycles. The number of nitrogens with one attached hydrogen (secondary N) is 1. The van der Waals surface area contributed by atoms with Crippen molar-refractivity contribution in [1.29, 1.82) is 0 Å². The van der Waals surface area contributed by atoms with Gasteiger partial charge in [-0.2, -0.15) is 13.2 Å². The van der Waals surface area contributed by atoms with E-state index in [0.29, 0.717) is 24.4 Å². The second-order valence-electron chi connectivity index (χ2n) is 6.23. The van der Waals surface area contributed by atoms with Crippen molar-refractivity contribution in [2.45, 2.75) is 24.9 Å². The number of allylic oxidation sites excluding steroid dienone is 2. The number of hydrogen-bond acceptors (Lipinski definition) is 4. The highest BCUT2D eigenvalue weighted by molar-refractivity contribution is 5.92. The van der Waals surface area contributed by atoms with Crippen molar-refractivity contribution in [2.75, 3.05) is 12.1 Å². The first kappa shape index (κ1) is 18.0. The molecule has 1 heterocycles. The van der Waals surface area contributed by atoms with Gasteiger partial charge in [0.25, 0.3) is 0 Å². The number of benzene rings is 1. The normalized spacial score (nSPS) is 17.6. The lowest BCUT2D eigenvalue weighted by Crippen LogP contribution is -2.36. The number of hydrogen-bond donors (Lipinski definition) is 1. The number of rotatable bonds is 4. The van der Waals surface area contributed by atoms with E-state index in [1.807, 2.05) is 30.3 Å².